The van der Waals surface area contributed by atoms with Crippen molar-refractivity contribution in [3.8, 4) is 0 Å². The first-order valence-electron chi connectivity index (χ1n) is 6.05. The van der Waals surface area contributed by atoms with E-state index in [4.69, 9.17) is 0 Å². The van der Waals surface area contributed by atoms with Crippen molar-refractivity contribution in [1.82, 2.24) is 4.98 Å². The van der Waals surface area contributed by atoms with Gasteiger partial charge in [0.05, 0.1) is 21.7 Å². The van der Waals surface area contributed by atoms with Crippen molar-refractivity contribution in [2.75, 3.05) is 16.8 Å². The molecule has 2 aromatic rings. The third-order valence-corrected chi connectivity index (χ3v) is 6.41. The summed E-state index contributed by atoms with van der Waals surface area (Å²) in [4.78, 5) is 4.53. The van der Waals surface area contributed by atoms with E-state index >= 15 is 0 Å². The van der Waals surface area contributed by atoms with Gasteiger partial charge in [0, 0.05) is 10.5 Å². The van der Waals surface area contributed by atoms with Crippen LogP contribution < -0.4 is 5.32 Å². The van der Waals surface area contributed by atoms with Crippen LogP contribution >= 0.6 is 27.3 Å². The smallest absolute Gasteiger partial charge is 0.184 e. The second-order valence-corrected chi connectivity index (χ2v) is 8.95. The van der Waals surface area contributed by atoms with E-state index in [1.165, 1.54) is 0 Å². The fourth-order valence-corrected chi connectivity index (χ4v) is 4.93. The molecule has 1 aliphatic rings. The molecule has 1 aromatic carbocycles. The number of rotatable bonds is 2. The predicted octanol–water partition coefficient (Wildman–Crippen LogP) is 3.05. The van der Waals surface area contributed by atoms with E-state index < -0.39 is 9.84 Å². The molecule has 102 valence electrons. The maximum absolute atomic E-state index is 11.4. The molecule has 0 amide bonds. The quantitative estimate of drug-likeness (QED) is 0.893. The zero-order chi connectivity index (χ0) is 13.5. The molecule has 3 rings (SSSR count). The lowest BCUT2D eigenvalue weighted by molar-refractivity contribution is 0.559. The number of sulfone groups is 1. The summed E-state index contributed by atoms with van der Waals surface area (Å²) in [7, 11) is -2.80. The standard InChI is InChI=1S/C12H13BrN2O2S2/c13-8-1-2-11-10(7-8)15-12(18-11)14-9-3-5-19(16,17)6-4-9/h1-2,7,9H,3-6H2,(H,14,15). The van der Waals surface area contributed by atoms with Crippen LogP contribution in [0.15, 0.2) is 22.7 Å². The summed E-state index contributed by atoms with van der Waals surface area (Å²) in [5.74, 6) is 0.558. The van der Waals surface area contributed by atoms with Gasteiger partial charge in [0.15, 0.2) is 5.13 Å². The van der Waals surface area contributed by atoms with Crippen LogP contribution in [0.2, 0.25) is 0 Å². The van der Waals surface area contributed by atoms with Crippen molar-refractivity contribution >= 4 is 52.5 Å². The number of fused-ring (bicyclic) bond motifs is 1. The minimum Gasteiger partial charge on any atom is -0.359 e. The predicted molar refractivity (Wildman–Crippen MR) is 82.6 cm³/mol. The summed E-state index contributed by atoms with van der Waals surface area (Å²) in [5, 5.41) is 4.23. The first kappa shape index (κ1) is 13.3. The average Bonchev–Trinajstić information content (AvgIpc) is 2.73. The average molecular weight is 361 g/mol. The summed E-state index contributed by atoms with van der Waals surface area (Å²) < 4.78 is 24.9. The Hall–Kier alpha value is -0.660. The molecule has 0 bridgehead atoms. The van der Waals surface area contributed by atoms with E-state index in [0.29, 0.717) is 12.8 Å². The largest absolute Gasteiger partial charge is 0.359 e. The van der Waals surface area contributed by atoms with Gasteiger partial charge in [-0.25, -0.2) is 13.4 Å². The summed E-state index contributed by atoms with van der Waals surface area (Å²) in [6.07, 6.45) is 1.34. The van der Waals surface area contributed by atoms with Gasteiger partial charge in [-0.15, -0.1) is 0 Å². The Bertz CT molecular complexity index is 698. The number of hydrogen-bond donors (Lipinski definition) is 1. The third kappa shape index (κ3) is 3.09. The molecule has 2 heterocycles. The summed E-state index contributed by atoms with van der Waals surface area (Å²) in [6, 6.07) is 6.24. The van der Waals surface area contributed by atoms with E-state index in [2.05, 4.69) is 26.2 Å². The number of thiazole rings is 1. The van der Waals surface area contributed by atoms with Crippen LogP contribution in [-0.2, 0) is 9.84 Å². The molecule has 1 aromatic heterocycles. The van der Waals surface area contributed by atoms with E-state index in [1.807, 2.05) is 18.2 Å². The minimum atomic E-state index is -2.80. The maximum atomic E-state index is 11.4. The third-order valence-electron chi connectivity index (χ3n) is 3.23. The number of nitrogens with zero attached hydrogens (tertiary/aromatic N) is 1. The highest BCUT2D eigenvalue weighted by atomic mass is 79.9. The Labute approximate surface area is 124 Å². The lowest BCUT2D eigenvalue weighted by Crippen LogP contribution is -2.32. The number of hydrogen-bond acceptors (Lipinski definition) is 5. The van der Waals surface area contributed by atoms with Gasteiger partial charge in [0.1, 0.15) is 9.84 Å². The van der Waals surface area contributed by atoms with Crippen LogP contribution in [0, 0.1) is 0 Å². The van der Waals surface area contributed by atoms with Gasteiger partial charge in [-0.05, 0) is 31.0 Å². The van der Waals surface area contributed by atoms with Crippen molar-refractivity contribution in [2.24, 2.45) is 0 Å². The molecular formula is C12H13BrN2O2S2. The maximum Gasteiger partial charge on any atom is 0.184 e. The molecule has 0 spiro atoms. The normalized spacial score (nSPS) is 19.6. The fourth-order valence-electron chi connectivity index (χ4n) is 2.17. The van der Waals surface area contributed by atoms with Crippen LogP contribution in [-0.4, -0.2) is 30.9 Å². The monoisotopic (exact) mass is 360 g/mol. The van der Waals surface area contributed by atoms with Gasteiger partial charge in [0.25, 0.3) is 0 Å². The molecule has 0 unspecified atom stereocenters. The Morgan fingerprint density at radius 2 is 2.05 bits per heavy atom. The van der Waals surface area contributed by atoms with Crippen molar-refractivity contribution in [1.29, 1.82) is 0 Å². The molecule has 1 fully saturated rings. The number of aromatic nitrogens is 1. The Morgan fingerprint density at radius 3 is 2.79 bits per heavy atom. The van der Waals surface area contributed by atoms with E-state index in [9.17, 15) is 8.42 Å². The van der Waals surface area contributed by atoms with Crippen LogP contribution in [0.3, 0.4) is 0 Å². The second-order valence-electron chi connectivity index (χ2n) is 4.70. The zero-order valence-electron chi connectivity index (χ0n) is 10.1. The first-order chi connectivity index (χ1) is 9.02. The SMILES string of the molecule is O=S1(=O)CCC(Nc2nc3cc(Br)ccc3s2)CC1. The van der Waals surface area contributed by atoms with Crippen LogP contribution in [0.5, 0.6) is 0 Å². The highest BCUT2D eigenvalue weighted by Gasteiger charge is 2.24. The van der Waals surface area contributed by atoms with Gasteiger partial charge in [0.2, 0.25) is 0 Å². The lowest BCUT2D eigenvalue weighted by atomic mass is 10.2. The fraction of sp³-hybridized carbons (Fsp3) is 0.417. The van der Waals surface area contributed by atoms with Crippen LogP contribution in [0.25, 0.3) is 10.2 Å². The molecule has 1 saturated heterocycles. The van der Waals surface area contributed by atoms with Crippen LogP contribution in [0.1, 0.15) is 12.8 Å². The highest BCUT2D eigenvalue weighted by molar-refractivity contribution is 9.10. The Kier molecular flexibility index (Phi) is 3.53. The Balaban J connectivity index is 1.75. The topological polar surface area (TPSA) is 59.1 Å². The number of nitrogens with one attached hydrogen (secondary N) is 1. The van der Waals surface area contributed by atoms with Gasteiger partial charge in [-0.2, -0.15) is 0 Å². The first-order valence-corrected chi connectivity index (χ1v) is 9.48. The lowest BCUT2D eigenvalue weighted by Gasteiger charge is -2.22. The van der Waals surface area contributed by atoms with Gasteiger partial charge in [-0.3, -0.25) is 0 Å². The molecule has 19 heavy (non-hydrogen) atoms. The van der Waals surface area contributed by atoms with Gasteiger partial charge >= 0.3 is 0 Å². The van der Waals surface area contributed by atoms with Crippen molar-refractivity contribution in [2.45, 2.75) is 18.9 Å². The molecule has 0 aliphatic carbocycles. The van der Waals surface area contributed by atoms with Gasteiger partial charge in [-0.1, -0.05) is 27.3 Å². The van der Waals surface area contributed by atoms with Crippen molar-refractivity contribution in [3.05, 3.63) is 22.7 Å². The van der Waals surface area contributed by atoms with E-state index in [0.717, 1.165) is 19.8 Å². The Morgan fingerprint density at radius 1 is 1.32 bits per heavy atom. The summed E-state index contributed by atoms with van der Waals surface area (Å²) in [6.45, 7) is 0. The molecule has 1 aliphatic heterocycles. The zero-order valence-corrected chi connectivity index (χ0v) is 13.3. The summed E-state index contributed by atoms with van der Waals surface area (Å²) >= 11 is 5.04. The number of benzene rings is 1. The molecule has 4 nitrogen and oxygen atoms in total. The number of anilines is 1. The highest BCUT2D eigenvalue weighted by Crippen LogP contribution is 2.29. The second kappa shape index (κ2) is 5.03. The van der Waals surface area contributed by atoms with E-state index in [-0.39, 0.29) is 17.5 Å². The van der Waals surface area contributed by atoms with Crippen molar-refractivity contribution < 1.29 is 8.42 Å². The van der Waals surface area contributed by atoms with Crippen molar-refractivity contribution in [3.63, 3.8) is 0 Å². The molecular weight excluding hydrogens is 348 g/mol. The molecule has 7 heteroatoms. The molecule has 1 N–H and O–H groups in total. The van der Waals surface area contributed by atoms with E-state index in [1.54, 1.807) is 11.3 Å². The molecule has 0 radical (unpaired) electrons. The summed E-state index contributed by atoms with van der Waals surface area (Å²) in [5.41, 5.74) is 0.963. The number of halogens is 1. The van der Waals surface area contributed by atoms with Crippen LogP contribution in [0.4, 0.5) is 5.13 Å². The van der Waals surface area contributed by atoms with Gasteiger partial charge < -0.3 is 5.32 Å². The molecule has 0 atom stereocenters. The molecule has 0 saturated carbocycles. The minimum absolute atomic E-state index is 0.215.